The van der Waals surface area contributed by atoms with Crippen LogP contribution in [0.25, 0.3) is 0 Å². The van der Waals surface area contributed by atoms with Crippen LogP contribution >= 0.6 is 11.8 Å². The highest BCUT2D eigenvalue weighted by atomic mass is 32.2. The van der Waals surface area contributed by atoms with Crippen LogP contribution in [0.3, 0.4) is 0 Å². The summed E-state index contributed by atoms with van der Waals surface area (Å²) in [5.41, 5.74) is -0.175. The Hall–Kier alpha value is -2.34. The van der Waals surface area contributed by atoms with E-state index in [0.717, 1.165) is 4.90 Å². The molecule has 0 amide bonds. The predicted molar refractivity (Wildman–Crippen MR) is 81.4 cm³/mol. The second-order valence-corrected chi connectivity index (χ2v) is 5.15. The Morgan fingerprint density at radius 1 is 1.14 bits per heavy atom. The fraction of sp³-hybridized carbons (Fsp3) is 0.133. The van der Waals surface area contributed by atoms with Gasteiger partial charge in [-0.15, -0.1) is 11.8 Å². The van der Waals surface area contributed by atoms with Crippen molar-refractivity contribution in [3.8, 4) is 11.5 Å². The van der Waals surface area contributed by atoms with Gasteiger partial charge in [-0.1, -0.05) is 0 Å². The van der Waals surface area contributed by atoms with Gasteiger partial charge in [-0.3, -0.25) is 14.9 Å². The highest BCUT2D eigenvalue weighted by Gasteiger charge is 2.18. The molecule has 0 atom stereocenters. The van der Waals surface area contributed by atoms with Crippen LogP contribution in [-0.2, 0) is 0 Å². The summed E-state index contributed by atoms with van der Waals surface area (Å²) in [6.07, 6.45) is 1.97. The number of nitro groups is 1. The van der Waals surface area contributed by atoms with E-state index >= 15 is 0 Å². The topological polar surface area (TPSA) is 69.4 Å². The summed E-state index contributed by atoms with van der Waals surface area (Å²) in [5.74, 6) is 0.554. The van der Waals surface area contributed by atoms with Crippen LogP contribution in [0.2, 0.25) is 0 Å². The number of benzene rings is 2. The third kappa shape index (κ3) is 3.61. The van der Waals surface area contributed by atoms with Crippen molar-refractivity contribution >= 4 is 23.2 Å². The monoisotopic (exact) mass is 303 g/mol. The average Bonchev–Trinajstić information content (AvgIpc) is 2.47. The molecule has 108 valence electrons. The minimum Gasteiger partial charge on any atom is -0.457 e. The van der Waals surface area contributed by atoms with E-state index in [1.165, 1.54) is 19.1 Å². The van der Waals surface area contributed by atoms with E-state index in [1.54, 1.807) is 30.0 Å². The summed E-state index contributed by atoms with van der Waals surface area (Å²) < 4.78 is 5.58. The Morgan fingerprint density at radius 3 is 2.29 bits per heavy atom. The van der Waals surface area contributed by atoms with Gasteiger partial charge in [-0.25, -0.2) is 0 Å². The standard InChI is InChI=1S/C15H13NO4S/c1-10(17)14-8-5-12(9-15(14)16(18)19)20-11-3-6-13(21-2)7-4-11/h3-9H,1-2H3. The fourth-order valence-electron chi connectivity index (χ4n) is 1.80. The molecule has 2 rings (SSSR count). The number of thioether (sulfide) groups is 1. The number of carbonyl (C=O) groups is 1. The molecule has 0 fully saturated rings. The van der Waals surface area contributed by atoms with Crippen molar-refractivity contribution in [2.24, 2.45) is 0 Å². The minimum absolute atomic E-state index is 0.0741. The molecule has 0 aliphatic rings. The molecule has 0 saturated carbocycles. The molecule has 0 saturated heterocycles. The number of ether oxygens (including phenoxy) is 1. The van der Waals surface area contributed by atoms with Crippen molar-refractivity contribution in [2.75, 3.05) is 6.26 Å². The molecular formula is C15H13NO4S. The molecule has 0 aliphatic heterocycles. The smallest absolute Gasteiger partial charge is 0.283 e. The predicted octanol–water partition coefficient (Wildman–Crippen LogP) is 4.31. The van der Waals surface area contributed by atoms with Gasteiger partial charge in [0.05, 0.1) is 16.6 Å². The average molecular weight is 303 g/mol. The van der Waals surface area contributed by atoms with Crippen LogP contribution in [0, 0.1) is 10.1 Å². The molecule has 0 N–H and O–H groups in total. The molecule has 6 heteroatoms. The van der Waals surface area contributed by atoms with Crippen molar-refractivity contribution in [3.05, 3.63) is 58.1 Å². The Bertz CT molecular complexity index is 683. The molecule has 21 heavy (non-hydrogen) atoms. The highest BCUT2D eigenvalue weighted by molar-refractivity contribution is 7.98. The molecule has 2 aromatic carbocycles. The first-order valence-electron chi connectivity index (χ1n) is 6.12. The molecule has 2 aromatic rings. The summed E-state index contributed by atoms with van der Waals surface area (Å²) >= 11 is 1.61. The van der Waals surface area contributed by atoms with Gasteiger partial charge in [0.1, 0.15) is 11.5 Å². The quantitative estimate of drug-likeness (QED) is 0.356. The summed E-state index contributed by atoms with van der Waals surface area (Å²) in [7, 11) is 0. The third-order valence-electron chi connectivity index (χ3n) is 2.84. The zero-order valence-electron chi connectivity index (χ0n) is 11.5. The Kier molecular flexibility index (Phi) is 4.59. The number of hydrogen-bond acceptors (Lipinski definition) is 5. The zero-order chi connectivity index (χ0) is 15.4. The van der Waals surface area contributed by atoms with Gasteiger partial charge in [-0.2, -0.15) is 0 Å². The third-order valence-corrected chi connectivity index (χ3v) is 3.58. The van der Waals surface area contributed by atoms with Crippen LogP contribution in [0.15, 0.2) is 47.4 Å². The lowest BCUT2D eigenvalue weighted by Gasteiger charge is -2.07. The number of nitrogens with zero attached hydrogens (tertiary/aromatic N) is 1. The first-order valence-corrected chi connectivity index (χ1v) is 7.35. The Morgan fingerprint density at radius 2 is 1.76 bits per heavy atom. The summed E-state index contributed by atoms with van der Waals surface area (Å²) in [6.45, 7) is 1.30. The Labute approximate surface area is 126 Å². The number of carbonyl (C=O) groups excluding carboxylic acids is 1. The number of hydrogen-bond donors (Lipinski definition) is 0. The first kappa shape index (κ1) is 15.1. The molecule has 0 unspecified atom stereocenters. The zero-order valence-corrected chi connectivity index (χ0v) is 12.3. The van der Waals surface area contributed by atoms with Gasteiger partial charge in [-0.05, 0) is 49.6 Å². The second kappa shape index (κ2) is 6.41. The van der Waals surface area contributed by atoms with Crippen molar-refractivity contribution in [3.63, 3.8) is 0 Å². The molecule has 5 nitrogen and oxygen atoms in total. The van der Waals surface area contributed by atoms with E-state index in [9.17, 15) is 14.9 Å². The van der Waals surface area contributed by atoms with Crippen LogP contribution in [0.4, 0.5) is 5.69 Å². The van der Waals surface area contributed by atoms with Crippen LogP contribution in [-0.4, -0.2) is 17.0 Å². The van der Waals surface area contributed by atoms with Crippen LogP contribution in [0.1, 0.15) is 17.3 Å². The van der Waals surface area contributed by atoms with Gasteiger partial charge in [0.15, 0.2) is 5.78 Å². The number of nitro benzene ring substituents is 1. The highest BCUT2D eigenvalue weighted by Crippen LogP contribution is 2.29. The molecule has 0 radical (unpaired) electrons. The lowest BCUT2D eigenvalue weighted by atomic mass is 10.1. The van der Waals surface area contributed by atoms with Crippen LogP contribution in [0.5, 0.6) is 11.5 Å². The summed E-state index contributed by atoms with van der Waals surface area (Å²) in [6, 6.07) is 11.6. The van der Waals surface area contributed by atoms with Gasteiger partial charge >= 0.3 is 0 Å². The summed E-state index contributed by atoms with van der Waals surface area (Å²) in [5, 5.41) is 11.0. The van der Waals surface area contributed by atoms with E-state index in [0.29, 0.717) is 11.5 Å². The van der Waals surface area contributed by atoms with Gasteiger partial charge in [0.2, 0.25) is 0 Å². The van der Waals surface area contributed by atoms with E-state index < -0.39 is 4.92 Å². The molecule has 0 bridgehead atoms. The van der Waals surface area contributed by atoms with Crippen molar-refractivity contribution < 1.29 is 14.5 Å². The number of rotatable bonds is 5. The van der Waals surface area contributed by atoms with E-state index in [4.69, 9.17) is 4.74 Å². The van der Waals surface area contributed by atoms with E-state index in [-0.39, 0.29) is 17.0 Å². The normalized spacial score (nSPS) is 10.2. The molecule has 0 aromatic heterocycles. The molecular weight excluding hydrogens is 290 g/mol. The molecule has 0 heterocycles. The largest absolute Gasteiger partial charge is 0.457 e. The van der Waals surface area contributed by atoms with E-state index in [1.807, 2.05) is 18.4 Å². The first-order chi connectivity index (χ1) is 10.0. The number of ketones is 1. The molecule has 0 spiro atoms. The second-order valence-electron chi connectivity index (χ2n) is 4.27. The van der Waals surface area contributed by atoms with Gasteiger partial charge < -0.3 is 4.74 Å². The lowest BCUT2D eigenvalue weighted by Crippen LogP contribution is -2.00. The number of Topliss-reactive ketones (excluding diaryl/α,β-unsaturated/α-hetero) is 1. The SMILES string of the molecule is CSc1ccc(Oc2ccc(C(C)=O)c([N+](=O)[O-])c2)cc1. The van der Waals surface area contributed by atoms with Gasteiger partial charge in [0, 0.05) is 4.90 Å². The van der Waals surface area contributed by atoms with Gasteiger partial charge in [0.25, 0.3) is 5.69 Å². The summed E-state index contributed by atoms with van der Waals surface area (Å²) in [4.78, 5) is 22.9. The lowest BCUT2D eigenvalue weighted by molar-refractivity contribution is -0.385. The Balaban J connectivity index is 2.29. The van der Waals surface area contributed by atoms with E-state index in [2.05, 4.69) is 0 Å². The minimum atomic E-state index is -0.583. The van der Waals surface area contributed by atoms with Crippen LogP contribution < -0.4 is 4.74 Å². The maximum Gasteiger partial charge on any atom is 0.283 e. The molecule has 0 aliphatic carbocycles. The maximum atomic E-state index is 11.4. The van der Waals surface area contributed by atoms with Crippen molar-refractivity contribution in [1.29, 1.82) is 0 Å². The van der Waals surface area contributed by atoms with Crippen molar-refractivity contribution in [2.45, 2.75) is 11.8 Å². The maximum absolute atomic E-state index is 11.4. The fourth-order valence-corrected chi connectivity index (χ4v) is 2.21. The van der Waals surface area contributed by atoms with Crippen molar-refractivity contribution in [1.82, 2.24) is 0 Å².